The Labute approximate surface area is 222 Å². The highest BCUT2D eigenvalue weighted by atomic mass is 79.9. The average molecular weight is 597 g/mol. The van der Waals surface area contributed by atoms with Crippen LogP contribution in [0.3, 0.4) is 0 Å². The highest BCUT2D eigenvalue weighted by molar-refractivity contribution is 9.10. The first kappa shape index (κ1) is 27.3. The first-order valence-electron chi connectivity index (χ1n) is 10.4. The summed E-state index contributed by atoms with van der Waals surface area (Å²) >= 11 is 9.56. The molecule has 3 aromatic carbocycles. The number of hydrogen-bond donors (Lipinski definition) is 1. The molecule has 9 nitrogen and oxygen atoms in total. The van der Waals surface area contributed by atoms with Crippen LogP contribution in [0.25, 0.3) is 0 Å². The zero-order chi connectivity index (χ0) is 26.3. The molecule has 0 aliphatic carbocycles. The highest BCUT2D eigenvalue weighted by Gasteiger charge is 2.30. The Bertz CT molecular complexity index is 1380. The van der Waals surface area contributed by atoms with Crippen LogP contribution in [0.5, 0.6) is 17.2 Å². The van der Waals surface area contributed by atoms with Crippen molar-refractivity contribution in [3.05, 3.63) is 75.7 Å². The maximum Gasteiger partial charge on any atom is 0.265 e. The lowest BCUT2D eigenvalue weighted by Crippen LogP contribution is -2.39. The third kappa shape index (κ3) is 6.28. The Kier molecular flexibility index (Phi) is 9.19. The van der Waals surface area contributed by atoms with E-state index in [9.17, 15) is 13.2 Å². The zero-order valence-corrected chi connectivity index (χ0v) is 22.7. The van der Waals surface area contributed by atoms with Gasteiger partial charge < -0.3 is 14.2 Å². The van der Waals surface area contributed by atoms with Gasteiger partial charge in [-0.05, 0) is 36.4 Å². The molecule has 36 heavy (non-hydrogen) atoms. The highest BCUT2D eigenvalue weighted by Crippen LogP contribution is 2.36. The maximum absolute atomic E-state index is 13.8. The van der Waals surface area contributed by atoms with E-state index in [0.29, 0.717) is 5.75 Å². The second-order valence-electron chi connectivity index (χ2n) is 7.16. The number of rotatable bonds is 10. The van der Waals surface area contributed by atoms with E-state index in [2.05, 4.69) is 26.5 Å². The first-order valence-corrected chi connectivity index (χ1v) is 13.0. The van der Waals surface area contributed by atoms with Gasteiger partial charge in [-0.2, -0.15) is 5.10 Å². The van der Waals surface area contributed by atoms with Gasteiger partial charge >= 0.3 is 0 Å². The van der Waals surface area contributed by atoms with Gasteiger partial charge in [-0.25, -0.2) is 13.8 Å². The molecule has 0 unspecified atom stereocenters. The van der Waals surface area contributed by atoms with Crippen LogP contribution in [0.4, 0.5) is 5.69 Å². The van der Waals surface area contributed by atoms with Crippen LogP contribution >= 0.6 is 27.5 Å². The van der Waals surface area contributed by atoms with Crippen LogP contribution in [0.2, 0.25) is 5.02 Å². The summed E-state index contributed by atoms with van der Waals surface area (Å²) in [7, 11) is -0.0862. The summed E-state index contributed by atoms with van der Waals surface area (Å²) in [6.07, 6.45) is 1.44. The summed E-state index contributed by atoms with van der Waals surface area (Å²) in [5.41, 5.74) is 3.16. The number of sulfonamides is 1. The lowest BCUT2D eigenvalue weighted by Gasteiger charge is -2.25. The Hall–Kier alpha value is -3.28. The third-order valence-electron chi connectivity index (χ3n) is 4.94. The van der Waals surface area contributed by atoms with Crippen molar-refractivity contribution >= 4 is 55.4 Å². The van der Waals surface area contributed by atoms with Crippen molar-refractivity contribution in [1.29, 1.82) is 0 Å². The maximum atomic E-state index is 13.8. The number of benzene rings is 3. The fourth-order valence-corrected chi connectivity index (χ4v) is 5.17. The monoisotopic (exact) mass is 595 g/mol. The van der Waals surface area contributed by atoms with E-state index < -0.39 is 22.5 Å². The summed E-state index contributed by atoms with van der Waals surface area (Å²) in [6, 6.07) is 15.9. The number of hydrazone groups is 1. The van der Waals surface area contributed by atoms with Gasteiger partial charge in [-0.15, -0.1) is 0 Å². The fourth-order valence-electron chi connectivity index (χ4n) is 3.18. The van der Waals surface area contributed by atoms with Crippen LogP contribution in [0.1, 0.15) is 5.56 Å². The summed E-state index contributed by atoms with van der Waals surface area (Å²) in [4.78, 5) is 12.7. The molecule has 0 bridgehead atoms. The Balaban J connectivity index is 1.99. The van der Waals surface area contributed by atoms with E-state index in [1.54, 1.807) is 12.1 Å². The van der Waals surface area contributed by atoms with Crippen LogP contribution < -0.4 is 23.9 Å². The number of carbonyl (C=O) groups is 1. The standard InChI is InChI=1S/C24H23BrClN3O6S/c1-33-21-10-8-17(26)12-20(21)29(15-24(30)28-27-14-16-6-4-5-7-19(16)25)36(31,32)18-9-11-22(34-2)23(13-18)35-3/h4-14H,15H2,1-3H3,(H,28,30)/b27-14-. The predicted molar refractivity (Wildman–Crippen MR) is 142 cm³/mol. The normalized spacial score (nSPS) is 11.2. The molecule has 0 aliphatic rings. The van der Waals surface area contributed by atoms with E-state index in [1.807, 2.05) is 18.2 Å². The minimum absolute atomic E-state index is 0.0738. The van der Waals surface area contributed by atoms with Crippen molar-refractivity contribution in [3.8, 4) is 17.2 Å². The Morgan fingerprint density at radius 2 is 1.67 bits per heavy atom. The summed E-state index contributed by atoms with van der Waals surface area (Å²) in [6.45, 7) is -0.610. The number of anilines is 1. The van der Waals surface area contributed by atoms with Gasteiger partial charge in [0.05, 0.1) is 38.1 Å². The molecule has 0 saturated carbocycles. The van der Waals surface area contributed by atoms with Crippen LogP contribution in [-0.2, 0) is 14.8 Å². The molecule has 12 heteroatoms. The van der Waals surface area contributed by atoms with Crippen molar-refractivity contribution in [1.82, 2.24) is 5.43 Å². The van der Waals surface area contributed by atoms with E-state index in [1.165, 1.54) is 57.9 Å². The van der Waals surface area contributed by atoms with Crippen LogP contribution in [-0.4, -0.2) is 48.4 Å². The number of nitrogens with one attached hydrogen (secondary N) is 1. The van der Waals surface area contributed by atoms with Crippen molar-refractivity contribution < 1.29 is 27.4 Å². The van der Waals surface area contributed by atoms with Gasteiger partial charge in [0.2, 0.25) is 0 Å². The van der Waals surface area contributed by atoms with E-state index in [0.717, 1.165) is 14.3 Å². The van der Waals surface area contributed by atoms with E-state index >= 15 is 0 Å². The first-order chi connectivity index (χ1) is 17.2. The van der Waals surface area contributed by atoms with Gasteiger partial charge in [0, 0.05) is 21.1 Å². The number of carbonyl (C=O) groups excluding carboxylic acids is 1. The molecule has 1 amide bonds. The van der Waals surface area contributed by atoms with Crippen molar-refractivity contribution in [2.24, 2.45) is 5.10 Å². The van der Waals surface area contributed by atoms with Crippen LogP contribution in [0, 0.1) is 0 Å². The number of methoxy groups -OCH3 is 3. The van der Waals surface area contributed by atoms with Gasteiger partial charge in [-0.3, -0.25) is 9.10 Å². The molecule has 1 N–H and O–H groups in total. The van der Waals surface area contributed by atoms with Crippen molar-refractivity contribution in [2.75, 3.05) is 32.2 Å². The largest absolute Gasteiger partial charge is 0.495 e. The smallest absolute Gasteiger partial charge is 0.265 e. The summed E-state index contributed by atoms with van der Waals surface area (Å²) in [5.74, 6) is 0.0684. The molecule has 0 radical (unpaired) electrons. The van der Waals surface area contributed by atoms with Gasteiger partial charge in [0.25, 0.3) is 15.9 Å². The average Bonchev–Trinajstić information content (AvgIpc) is 2.87. The third-order valence-corrected chi connectivity index (χ3v) is 7.65. The summed E-state index contributed by atoms with van der Waals surface area (Å²) < 4.78 is 45.0. The van der Waals surface area contributed by atoms with Gasteiger partial charge in [0.15, 0.2) is 11.5 Å². The molecule has 3 aromatic rings. The van der Waals surface area contributed by atoms with Crippen molar-refractivity contribution in [2.45, 2.75) is 4.90 Å². The molecule has 0 spiro atoms. The van der Waals surface area contributed by atoms with E-state index in [-0.39, 0.29) is 27.1 Å². The molecule has 0 aliphatic heterocycles. The molecule has 0 atom stereocenters. The van der Waals surface area contributed by atoms with E-state index in [4.69, 9.17) is 25.8 Å². The fraction of sp³-hybridized carbons (Fsp3) is 0.167. The van der Waals surface area contributed by atoms with Crippen LogP contribution in [0.15, 0.2) is 75.1 Å². The number of halogens is 2. The SMILES string of the molecule is COc1ccc(S(=O)(=O)N(CC(=O)N/N=C\c2ccccc2Br)c2cc(Cl)ccc2OC)cc1OC. The quantitative estimate of drug-likeness (QED) is 0.273. The van der Waals surface area contributed by atoms with Gasteiger partial charge in [0.1, 0.15) is 12.3 Å². The molecule has 0 fully saturated rings. The number of amides is 1. The molecule has 0 saturated heterocycles. The Morgan fingerprint density at radius 1 is 1.00 bits per heavy atom. The topological polar surface area (TPSA) is 107 Å². The Morgan fingerprint density at radius 3 is 2.33 bits per heavy atom. The molecule has 0 aromatic heterocycles. The zero-order valence-electron chi connectivity index (χ0n) is 19.6. The molecule has 190 valence electrons. The molecular weight excluding hydrogens is 574 g/mol. The molecule has 0 heterocycles. The van der Waals surface area contributed by atoms with Gasteiger partial charge in [-0.1, -0.05) is 45.7 Å². The minimum atomic E-state index is -4.30. The second kappa shape index (κ2) is 12.1. The number of nitrogens with zero attached hydrogens (tertiary/aromatic N) is 2. The number of ether oxygens (including phenoxy) is 3. The lowest BCUT2D eigenvalue weighted by atomic mass is 10.2. The molecular formula is C24H23BrClN3O6S. The van der Waals surface area contributed by atoms with Crippen molar-refractivity contribution in [3.63, 3.8) is 0 Å². The summed E-state index contributed by atoms with van der Waals surface area (Å²) in [5, 5.41) is 4.20. The molecule has 3 rings (SSSR count). The minimum Gasteiger partial charge on any atom is -0.495 e. The lowest BCUT2D eigenvalue weighted by molar-refractivity contribution is -0.119. The second-order valence-corrected chi connectivity index (χ2v) is 10.3. The number of hydrogen-bond acceptors (Lipinski definition) is 7. The predicted octanol–water partition coefficient (Wildman–Crippen LogP) is 4.47.